The zero-order valence-corrected chi connectivity index (χ0v) is 11.0. The van der Waals surface area contributed by atoms with Crippen molar-refractivity contribution in [1.29, 1.82) is 0 Å². The van der Waals surface area contributed by atoms with E-state index in [9.17, 15) is 4.79 Å². The lowest BCUT2D eigenvalue weighted by molar-refractivity contribution is -0.161. The van der Waals surface area contributed by atoms with E-state index in [4.69, 9.17) is 20.3 Å². The molecule has 2 fully saturated rings. The molecule has 0 bridgehead atoms. The number of nitrogens with two attached hydrogens (primary N) is 1. The molecule has 2 saturated heterocycles. The van der Waals surface area contributed by atoms with Gasteiger partial charge >= 0.3 is 5.97 Å². The molecule has 0 amide bonds. The van der Waals surface area contributed by atoms with Crippen molar-refractivity contribution in [1.82, 2.24) is 4.98 Å². The third kappa shape index (κ3) is 2.30. The quantitative estimate of drug-likeness (QED) is 0.822. The highest BCUT2D eigenvalue weighted by Crippen LogP contribution is 2.33. The smallest absolute Gasteiger partial charge is 0.354 e. The van der Waals surface area contributed by atoms with Gasteiger partial charge in [0.05, 0.1) is 25.4 Å². The minimum Gasteiger partial charge on any atom is -0.477 e. The largest absolute Gasteiger partial charge is 0.477 e. The maximum atomic E-state index is 11.0. The number of ether oxygens (including phenoxy) is 2. The van der Waals surface area contributed by atoms with Crippen LogP contribution >= 0.6 is 0 Å². The monoisotopic (exact) mass is 279 g/mol. The van der Waals surface area contributed by atoms with Gasteiger partial charge in [0.1, 0.15) is 0 Å². The van der Waals surface area contributed by atoms with Crippen LogP contribution in [0.5, 0.6) is 0 Å². The van der Waals surface area contributed by atoms with Crippen molar-refractivity contribution >= 4 is 17.5 Å². The number of piperidine rings is 1. The molecule has 108 valence electrons. The molecule has 0 aromatic carbocycles. The van der Waals surface area contributed by atoms with Crippen molar-refractivity contribution in [3.8, 4) is 0 Å². The topological polar surface area (TPSA) is 97.9 Å². The van der Waals surface area contributed by atoms with Gasteiger partial charge in [-0.15, -0.1) is 0 Å². The molecule has 3 heterocycles. The molecule has 20 heavy (non-hydrogen) atoms. The second kappa shape index (κ2) is 4.92. The number of anilines is 2. The number of rotatable bonds is 2. The predicted octanol–water partition coefficient (Wildman–Crippen LogP) is 0.705. The summed E-state index contributed by atoms with van der Waals surface area (Å²) in [7, 11) is 0. The van der Waals surface area contributed by atoms with Crippen LogP contribution in [0.3, 0.4) is 0 Å². The standard InChI is InChI=1S/C13H17N3O4/c14-9-2-3-10(12(17)18)15-11(9)16-5-1-4-13(8-16)19-6-7-20-13/h2-3H,1,4-8,14H2,(H,17,18). The highest BCUT2D eigenvalue weighted by atomic mass is 16.7. The predicted molar refractivity (Wildman–Crippen MR) is 71.7 cm³/mol. The van der Waals surface area contributed by atoms with Crippen LogP contribution in [-0.2, 0) is 9.47 Å². The molecule has 2 aliphatic heterocycles. The van der Waals surface area contributed by atoms with Gasteiger partial charge in [-0.1, -0.05) is 0 Å². The fraction of sp³-hybridized carbons (Fsp3) is 0.538. The van der Waals surface area contributed by atoms with E-state index >= 15 is 0 Å². The van der Waals surface area contributed by atoms with Gasteiger partial charge in [-0.25, -0.2) is 9.78 Å². The van der Waals surface area contributed by atoms with Crippen molar-refractivity contribution in [3.05, 3.63) is 17.8 Å². The van der Waals surface area contributed by atoms with Gasteiger partial charge in [-0.3, -0.25) is 0 Å². The number of nitrogen functional groups attached to an aromatic ring is 1. The van der Waals surface area contributed by atoms with Crippen molar-refractivity contribution in [2.24, 2.45) is 0 Å². The van der Waals surface area contributed by atoms with Crippen LogP contribution in [-0.4, -0.2) is 48.2 Å². The molecular formula is C13H17N3O4. The van der Waals surface area contributed by atoms with E-state index in [1.165, 1.54) is 6.07 Å². The van der Waals surface area contributed by atoms with E-state index in [0.29, 0.717) is 31.3 Å². The molecule has 7 heteroatoms. The van der Waals surface area contributed by atoms with Crippen LogP contribution < -0.4 is 10.6 Å². The molecule has 0 unspecified atom stereocenters. The van der Waals surface area contributed by atoms with Gasteiger partial charge < -0.3 is 25.2 Å². The molecule has 3 rings (SSSR count). The number of nitrogens with zero attached hydrogens (tertiary/aromatic N) is 2. The molecular weight excluding hydrogens is 262 g/mol. The van der Waals surface area contributed by atoms with E-state index in [1.54, 1.807) is 6.07 Å². The van der Waals surface area contributed by atoms with Gasteiger partial charge in [-0.2, -0.15) is 0 Å². The summed E-state index contributed by atoms with van der Waals surface area (Å²) in [6, 6.07) is 2.98. The molecule has 0 radical (unpaired) electrons. The first kappa shape index (κ1) is 13.1. The molecule has 0 saturated carbocycles. The third-order valence-corrected chi connectivity index (χ3v) is 3.65. The molecule has 3 N–H and O–H groups in total. The average Bonchev–Trinajstić information content (AvgIpc) is 2.87. The second-order valence-electron chi connectivity index (χ2n) is 5.05. The first-order valence-corrected chi connectivity index (χ1v) is 6.62. The zero-order valence-electron chi connectivity index (χ0n) is 11.0. The zero-order chi connectivity index (χ0) is 14.2. The highest BCUT2D eigenvalue weighted by molar-refractivity contribution is 5.87. The van der Waals surface area contributed by atoms with Crippen LogP contribution in [0.1, 0.15) is 23.3 Å². The maximum absolute atomic E-state index is 11.0. The Morgan fingerprint density at radius 1 is 1.40 bits per heavy atom. The molecule has 7 nitrogen and oxygen atoms in total. The Morgan fingerprint density at radius 2 is 2.15 bits per heavy atom. The lowest BCUT2D eigenvalue weighted by Crippen LogP contribution is -2.49. The normalized spacial score (nSPS) is 21.3. The summed E-state index contributed by atoms with van der Waals surface area (Å²) in [6.07, 6.45) is 1.72. The third-order valence-electron chi connectivity index (χ3n) is 3.65. The maximum Gasteiger partial charge on any atom is 0.354 e. The summed E-state index contributed by atoms with van der Waals surface area (Å²) < 4.78 is 11.4. The number of pyridine rings is 1. The summed E-state index contributed by atoms with van der Waals surface area (Å²) in [5.41, 5.74) is 6.38. The fourth-order valence-electron chi connectivity index (χ4n) is 2.73. The van der Waals surface area contributed by atoms with Crippen LogP contribution in [0.4, 0.5) is 11.5 Å². The Hall–Kier alpha value is -1.86. The summed E-state index contributed by atoms with van der Waals surface area (Å²) in [5.74, 6) is -1.17. The summed E-state index contributed by atoms with van der Waals surface area (Å²) in [6.45, 7) is 2.46. The Kier molecular flexibility index (Phi) is 3.23. The van der Waals surface area contributed by atoms with E-state index in [-0.39, 0.29) is 5.69 Å². The van der Waals surface area contributed by atoms with Gasteiger partial charge in [0.2, 0.25) is 0 Å². The van der Waals surface area contributed by atoms with Gasteiger partial charge in [0.25, 0.3) is 0 Å². The minimum atomic E-state index is -1.06. The number of carboxylic acid groups (broad SMARTS) is 1. The van der Waals surface area contributed by atoms with E-state index in [0.717, 1.165) is 19.4 Å². The lowest BCUT2D eigenvalue weighted by Gasteiger charge is -2.39. The number of aromatic carboxylic acids is 1. The number of hydrogen-bond donors (Lipinski definition) is 2. The summed E-state index contributed by atoms with van der Waals surface area (Å²) in [4.78, 5) is 17.1. The van der Waals surface area contributed by atoms with Crippen LogP contribution in [0.25, 0.3) is 0 Å². The van der Waals surface area contributed by atoms with Gasteiger partial charge in [0.15, 0.2) is 17.3 Å². The van der Waals surface area contributed by atoms with Crippen molar-refractivity contribution < 1.29 is 19.4 Å². The summed E-state index contributed by atoms with van der Waals surface area (Å²) in [5, 5.41) is 9.03. The van der Waals surface area contributed by atoms with Crippen molar-refractivity contribution in [2.45, 2.75) is 18.6 Å². The number of hydrogen-bond acceptors (Lipinski definition) is 6. The van der Waals surface area contributed by atoms with Crippen LogP contribution in [0.15, 0.2) is 12.1 Å². The van der Waals surface area contributed by atoms with Gasteiger partial charge in [-0.05, 0) is 18.6 Å². The molecule has 0 atom stereocenters. The molecule has 1 aromatic rings. The highest BCUT2D eigenvalue weighted by Gasteiger charge is 2.41. The molecule has 2 aliphatic rings. The van der Waals surface area contributed by atoms with Gasteiger partial charge in [0, 0.05) is 13.0 Å². The fourth-order valence-corrected chi connectivity index (χ4v) is 2.73. The van der Waals surface area contributed by atoms with Crippen molar-refractivity contribution in [3.63, 3.8) is 0 Å². The summed E-state index contributed by atoms with van der Waals surface area (Å²) >= 11 is 0. The molecule has 0 aliphatic carbocycles. The van der Waals surface area contributed by atoms with Crippen LogP contribution in [0, 0.1) is 0 Å². The SMILES string of the molecule is Nc1ccc(C(=O)O)nc1N1CCCC2(C1)OCCO2. The first-order valence-electron chi connectivity index (χ1n) is 6.62. The Bertz CT molecular complexity index is 528. The number of aromatic nitrogens is 1. The van der Waals surface area contributed by atoms with E-state index in [2.05, 4.69) is 4.98 Å². The molecule has 1 aromatic heterocycles. The molecule has 1 spiro atoms. The first-order chi connectivity index (χ1) is 9.60. The lowest BCUT2D eigenvalue weighted by atomic mass is 10.0. The Morgan fingerprint density at radius 3 is 2.85 bits per heavy atom. The minimum absolute atomic E-state index is 0.0120. The number of carbonyl (C=O) groups is 1. The second-order valence-corrected chi connectivity index (χ2v) is 5.05. The Balaban J connectivity index is 1.88. The van der Waals surface area contributed by atoms with E-state index in [1.807, 2.05) is 4.90 Å². The van der Waals surface area contributed by atoms with Crippen molar-refractivity contribution in [2.75, 3.05) is 36.9 Å². The van der Waals surface area contributed by atoms with Crippen LogP contribution in [0.2, 0.25) is 0 Å². The number of carboxylic acids is 1. The Labute approximate surface area is 116 Å². The average molecular weight is 279 g/mol. The van der Waals surface area contributed by atoms with E-state index < -0.39 is 11.8 Å².